The number of esters is 1. The maximum atomic E-state index is 12.8. The molecule has 250 valence electrons. The minimum atomic E-state index is -4.76. The Balaban J connectivity index is 1.23. The molecule has 1 N–H and O–H groups in total. The number of imidazole rings is 1. The van der Waals surface area contributed by atoms with E-state index < -0.39 is 12.3 Å². The lowest BCUT2D eigenvalue weighted by molar-refractivity contribution is -0.274. The molecule has 1 saturated heterocycles. The molecule has 1 aliphatic heterocycles. The molecule has 0 bridgehead atoms. The quantitative estimate of drug-likeness (QED) is 0.157. The van der Waals surface area contributed by atoms with E-state index in [9.17, 15) is 18.0 Å². The summed E-state index contributed by atoms with van der Waals surface area (Å²) in [5, 5.41) is 13.5. The van der Waals surface area contributed by atoms with Gasteiger partial charge in [0.25, 0.3) is 0 Å². The minimum Gasteiger partial charge on any atom is -0.461 e. The Labute approximate surface area is 278 Å². The van der Waals surface area contributed by atoms with Crippen LogP contribution in [0.15, 0.2) is 54.7 Å². The number of anilines is 3. The summed E-state index contributed by atoms with van der Waals surface area (Å²) in [7, 11) is 0. The van der Waals surface area contributed by atoms with E-state index in [0.29, 0.717) is 21.5 Å². The summed E-state index contributed by atoms with van der Waals surface area (Å²) in [6.07, 6.45) is -1.18. The van der Waals surface area contributed by atoms with Gasteiger partial charge in [-0.1, -0.05) is 18.3 Å². The number of halogens is 3. The van der Waals surface area contributed by atoms with Crippen LogP contribution < -0.4 is 15.0 Å². The van der Waals surface area contributed by atoms with Gasteiger partial charge in [0, 0.05) is 49.5 Å². The van der Waals surface area contributed by atoms with Gasteiger partial charge in [-0.2, -0.15) is 0 Å². The van der Waals surface area contributed by atoms with Crippen LogP contribution in [-0.2, 0) is 4.74 Å². The fourth-order valence-corrected chi connectivity index (χ4v) is 6.61. The maximum absolute atomic E-state index is 12.8. The number of aromatic nitrogens is 5. The molecule has 1 aliphatic carbocycles. The molecule has 7 rings (SSSR count). The van der Waals surface area contributed by atoms with Crippen molar-refractivity contribution < 1.29 is 27.4 Å². The van der Waals surface area contributed by atoms with Gasteiger partial charge in [-0.3, -0.25) is 0 Å². The summed E-state index contributed by atoms with van der Waals surface area (Å²) in [5.74, 6) is -0.0597. The van der Waals surface area contributed by atoms with Crippen LogP contribution >= 0.6 is 11.3 Å². The molecule has 1 saturated carbocycles. The molecule has 48 heavy (non-hydrogen) atoms. The van der Waals surface area contributed by atoms with E-state index in [2.05, 4.69) is 52.6 Å². The zero-order chi connectivity index (χ0) is 33.4. The number of rotatable bonds is 10. The molecule has 2 aliphatic rings. The van der Waals surface area contributed by atoms with Crippen molar-refractivity contribution in [2.75, 3.05) is 49.5 Å². The first-order valence-corrected chi connectivity index (χ1v) is 16.6. The first-order chi connectivity index (χ1) is 23.2. The van der Waals surface area contributed by atoms with E-state index in [0.717, 1.165) is 73.5 Å². The number of nitrogens with one attached hydrogen (secondary N) is 1. The fraction of sp³-hybridized carbons (Fsp3) is 0.364. The second kappa shape index (κ2) is 13.0. The zero-order valence-electron chi connectivity index (χ0n) is 26.3. The number of hydrogen-bond donors (Lipinski definition) is 1. The normalized spacial score (nSPS) is 15.6. The monoisotopic (exact) mass is 678 g/mol. The van der Waals surface area contributed by atoms with E-state index in [1.54, 1.807) is 37.4 Å². The molecular weight excluding hydrogens is 645 g/mol. The Kier molecular flexibility index (Phi) is 8.64. The molecule has 4 heterocycles. The maximum Gasteiger partial charge on any atom is 0.573 e. The summed E-state index contributed by atoms with van der Waals surface area (Å²) >= 11 is 1.36. The largest absolute Gasteiger partial charge is 0.573 e. The van der Waals surface area contributed by atoms with E-state index in [1.807, 2.05) is 6.07 Å². The third kappa shape index (κ3) is 6.78. The topological polar surface area (TPSA) is 111 Å². The molecule has 11 nitrogen and oxygen atoms in total. The van der Waals surface area contributed by atoms with Crippen LogP contribution in [0.3, 0.4) is 0 Å². The molecule has 0 radical (unpaired) electrons. The number of alkyl halides is 3. The van der Waals surface area contributed by atoms with Gasteiger partial charge in [0.15, 0.2) is 5.01 Å². The predicted octanol–water partition coefficient (Wildman–Crippen LogP) is 6.91. The second-order valence-corrected chi connectivity index (χ2v) is 12.6. The number of piperazine rings is 1. The Morgan fingerprint density at radius 1 is 1.00 bits per heavy atom. The standard InChI is InChI=1S/C33H33F3N8O3S/c1-3-42-13-15-43(16-14-42)27-18-28-26(38-29(44(28)22-8-9-22)20-5-10-23(11-6-20)47-33(34,35)36)17-25(27)39-32-41-40-30(48-32)21-7-12-24(37-19-21)31(45)46-4-2/h5-7,10-12,17-19,22H,3-4,8-9,13-16H2,1-2H3,(H,39,41). The lowest BCUT2D eigenvalue weighted by atomic mass is 10.2. The number of pyridine rings is 1. The van der Waals surface area contributed by atoms with Crippen molar-refractivity contribution in [1.82, 2.24) is 29.6 Å². The van der Waals surface area contributed by atoms with Crippen molar-refractivity contribution in [3.8, 4) is 27.7 Å². The van der Waals surface area contributed by atoms with E-state index in [4.69, 9.17) is 9.72 Å². The van der Waals surface area contributed by atoms with Crippen LogP contribution in [-0.4, -0.2) is 81.3 Å². The van der Waals surface area contributed by atoms with E-state index in [1.165, 1.54) is 23.5 Å². The summed E-state index contributed by atoms with van der Waals surface area (Å²) in [4.78, 5) is 26.0. The fourth-order valence-electron chi connectivity index (χ4n) is 5.86. The number of hydrogen-bond acceptors (Lipinski definition) is 11. The van der Waals surface area contributed by atoms with Gasteiger partial charge in [-0.25, -0.2) is 14.8 Å². The molecule has 5 aromatic rings. The zero-order valence-corrected chi connectivity index (χ0v) is 27.1. The molecule has 0 amide bonds. The number of carbonyl (C=O) groups excluding carboxylic acids is 1. The summed E-state index contributed by atoms with van der Waals surface area (Å²) < 4.78 is 49.7. The number of carbonyl (C=O) groups is 1. The molecule has 0 spiro atoms. The number of likely N-dealkylation sites (N-methyl/N-ethyl adjacent to an activating group) is 1. The van der Waals surface area contributed by atoms with Crippen LogP contribution in [0.1, 0.15) is 43.2 Å². The third-order valence-corrected chi connectivity index (χ3v) is 9.27. The first-order valence-electron chi connectivity index (χ1n) is 15.8. The summed E-state index contributed by atoms with van der Waals surface area (Å²) in [5.41, 5.74) is 5.21. The van der Waals surface area contributed by atoms with Crippen molar-refractivity contribution in [3.63, 3.8) is 0 Å². The summed E-state index contributed by atoms with van der Waals surface area (Å²) in [6.45, 7) is 8.73. The SMILES string of the molecule is CCOC(=O)c1ccc(-c2nnc(Nc3cc4nc(-c5ccc(OC(F)(F)F)cc5)n(C5CC5)c4cc3N3CCN(CC)CC3)s2)cn1. The molecule has 15 heteroatoms. The van der Waals surface area contributed by atoms with Crippen LogP contribution in [0.4, 0.5) is 29.7 Å². The molecule has 0 unspecified atom stereocenters. The Morgan fingerprint density at radius 2 is 1.75 bits per heavy atom. The van der Waals surface area contributed by atoms with Crippen LogP contribution in [0, 0.1) is 0 Å². The van der Waals surface area contributed by atoms with Crippen LogP contribution in [0.5, 0.6) is 5.75 Å². The number of nitrogens with zero attached hydrogens (tertiary/aromatic N) is 7. The average Bonchev–Trinajstić information content (AvgIpc) is 3.69. The van der Waals surface area contributed by atoms with Crippen LogP contribution in [0.25, 0.3) is 33.0 Å². The van der Waals surface area contributed by atoms with Crippen molar-refractivity contribution in [3.05, 3.63) is 60.4 Å². The molecule has 0 atom stereocenters. The highest BCUT2D eigenvalue weighted by Gasteiger charge is 2.32. The van der Waals surface area contributed by atoms with Crippen LogP contribution in [0.2, 0.25) is 0 Å². The Bertz CT molecular complexity index is 1920. The average molecular weight is 679 g/mol. The molecule has 3 aromatic heterocycles. The third-order valence-electron chi connectivity index (χ3n) is 8.39. The van der Waals surface area contributed by atoms with Gasteiger partial charge in [-0.05, 0) is 74.8 Å². The highest BCUT2D eigenvalue weighted by molar-refractivity contribution is 7.18. The van der Waals surface area contributed by atoms with Crippen molar-refractivity contribution in [2.45, 2.75) is 39.1 Å². The molecule has 2 fully saturated rings. The smallest absolute Gasteiger partial charge is 0.461 e. The van der Waals surface area contributed by atoms with E-state index in [-0.39, 0.29) is 24.1 Å². The first kappa shape index (κ1) is 31.8. The lowest BCUT2D eigenvalue weighted by Gasteiger charge is -2.36. The van der Waals surface area contributed by atoms with Gasteiger partial charge < -0.3 is 29.2 Å². The van der Waals surface area contributed by atoms with E-state index >= 15 is 0 Å². The number of benzene rings is 2. The van der Waals surface area contributed by atoms with Gasteiger partial charge in [-0.15, -0.1) is 23.4 Å². The predicted molar refractivity (Wildman–Crippen MR) is 177 cm³/mol. The van der Waals surface area contributed by atoms with Gasteiger partial charge in [0.05, 0.1) is 29.0 Å². The van der Waals surface area contributed by atoms with Crippen molar-refractivity contribution in [1.29, 1.82) is 0 Å². The van der Waals surface area contributed by atoms with Crippen molar-refractivity contribution in [2.24, 2.45) is 0 Å². The van der Waals surface area contributed by atoms with Gasteiger partial charge >= 0.3 is 12.3 Å². The number of fused-ring (bicyclic) bond motifs is 1. The highest BCUT2D eigenvalue weighted by Crippen LogP contribution is 2.44. The highest BCUT2D eigenvalue weighted by atomic mass is 32.1. The lowest BCUT2D eigenvalue weighted by Crippen LogP contribution is -2.46. The van der Waals surface area contributed by atoms with Gasteiger partial charge in [0.2, 0.25) is 5.13 Å². The second-order valence-electron chi connectivity index (χ2n) is 11.6. The van der Waals surface area contributed by atoms with Crippen molar-refractivity contribution >= 4 is 44.8 Å². The number of ether oxygens (including phenoxy) is 2. The Hall–Kier alpha value is -4.76. The minimum absolute atomic E-state index is 0.222. The van der Waals surface area contributed by atoms with Gasteiger partial charge in [0.1, 0.15) is 17.3 Å². The molecular formula is C33H33F3N8O3S. The molecule has 2 aromatic carbocycles. The summed E-state index contributed by atoms with van der Waals surface area (Å²) in [6, 6.07) is 13.7. The Morgan fingerprint density at radius 3 is 2.40 bits per heavy atom.